The van der Waals surface area contributed by atoms with Crippen molar-refractivity contribution in [3.8, 4) is 11.3 Å². The summed E-state index contributed by atoms with van der Waals surface area (Å²) in [5, 5.41) is 11.9. The molecule has 1 aliphatic carbocycles. The maximum atomic E-state index is 12.3. The Morgan fingerprint density at radius 1 is 1.17 bits per heavy atom. The normalized spacial score (nSPS) is 20.0. The first-order valence-corrected chi connectivity index (χ1v) is 8.29. The van der Waals surface area contributed by atoms with E-state index in [0.717, 1.165) is 12.0 Å². The van der Waals surface area contributed by atoms with E-state index in [1.807, 2.05) is 24.3 Å². The number of carboxylic acids is 1. The molecule has 5 heteroatoms. The van der Waals surface area contributed by atoms with Crippen LogP contribution in [-0.4, -0.2) is 23.0 Å². The lowest BCUT2D eigenvalue weighted by molar-refractivity contribution is -0.141. The van der Waals surface area contributed by atoms with Gasteiger partial charge in [-0.05, 0) is 43.4 Å². The van der Waals surface area contributed by atoms with Gasteiger partial charge in [0.2, 0.25) is 0 Å². The fraction of sp³-hybridized carbons (Fsp3) is 0.368. The minimum absolute atomic E-state index is 0.101. The number of rotatable bonds is 5. The van der Waals surface area contributed by atoms with Crippen molar-refractivity contribution in [3.63, 3.8) is 0 Å². The molecule has 1 aromatic carbocycles. The first-order valence-electron chi connectivity index (χ1n) is 8.29. The molecule has 126 valence electrons. The highest BCUT2D eigenvalue weighted by atomic mass is 16.4. The van der Waals surface area contributed by atoms with Gasteiger partial charge in [0.1, 0.15) is 5.76 Å². The Bertz CT molecular complexity index is 732. The zero-order chi connectivity index (χ0) is 17.1. The van der Waals surface area contributed by atoms with Crippen molar-refractivity contribution in [2.45, 2.75) is 38.6 Å². The van der Waals surface area contributed by atoms with Gasteiger partial charge in [-0.15, -0.1) is 0 Å². The van der Waals surface area contributed by atoms with Gasteiger partial charge in [-0.2, -0.15) is 0 Å². The standard InChI is InChI=1S/C19H21NO4/c1-2-12-3-5-13(6-4-12)16-9-10-17(24-16)18(21)20-15-8-7-14(11-15)19(22)23/h3-6,9-10,14-15H,2,7-8,11H2,1H3,(H,20,21)(H,22,23)/t14-,15+/m1/s1. The highest BCUT2D eigenvalue weighted by molar-refractivity contribution is 5.92. The fourth-order valence-electron chi connectivity index (χ4n) is 3.11. The molecular weight excluding hydrogens is 306 g/mol. The van der Waals surface area contributed by atoms with Gasteiger partial charge in [-0.1, -0.05) is 31.2 Å². The van der Waals surface area contributed by atoms with Crippen LogP contribution < -0.4 is 5.32 Å². The maximum absolute atomic E-state index is 12.3. The second-order valence-corrected chi connectivity index (χ2v) is 6.23. The molecule has 0 unspecified atom stereocenters. The number of hydrogen-bond donors (Lipinski definition) is 2. The Morgan fingerprint density at radius 2 is 1.92 bits per heavy atom. The van der Waals surface area contributed by atoms with Gasteiger partial charge in [-0.3, -0.25) is 9.59 Å². The first-order chi connectivity index (χ1) is 11.6. The number of nitrogens with one attached hydrogen (secondary N) is 1. The van der Waals surface area contributed by atoms with Crippen molar-refractivity contribution in [1.82, 2.24) is 5.32 Å². The molecule has 1 aliphatic rings. The smallest absolute Gasteiger partial charge is 0.306 e. The number of carboxylic acid groups (broad SMARTS) is 1. The largest absolute Gasteiger partial charge is 0.481 e. The van der Waals surface area contributed by atoms with E-state index in [2.05, 4.69) is 12.2 Å². The fourth-order valence-corrected chi connectivity index (χ4v) is 3.11. The third kappa shape index (κ3) is 3.50. The second-order valence-electron chi connectivity index (χ2n) is 6.23. The number of benzene rings is 1. The quantitative estimate of drug-likeness (QED) is 0.881. The molecule has 3 rings (SSSR count). The van der Waals surface area contributed by atoms with Gasteiger partial charge < -0.3 is 14.8 Å². The highest BCUT2D eigenvalue weighted by Crippen LogP contribution is 2.27. The molecule has 1 heterocycles. The van der Waals surface area contributed by atoms with Crippen LogP contribution in [0.4, 0.5) is 0 Å². The minimum atomic E-state index is -0.789. The van der Waals surface area contributed by atoms with Gasteiger partial charge in [0.15, 0.2) is 5.76 Å². The van der Waals surface area contributed by atoms with Crippen molar-refractivity contribution < 1.29 is 19.1 Å². The Balaban J connectivity index is 1.64. The summed E-state index contributed by atoms with van der Waals surface area (Å²) >= 11 is 0. The Hall–Kier alpha value is -2.56. The predicted octanol–water partition coefficient (Wildman–Crippen LogP) is 3.49. The number of carbonyl (C=O) groups is 2. The summed E-state index contributed by atoms with van der Waals surface area (Å²) in [6, 6.07) is 11.4. The molecule has 2 atom stereocenters. The van der Waals surface area contributed by atoms with Gasteiger partial charge in [0.05, 0.1) is 5.92 Å². The van der Waals surface area contributed by atoms with Crippen molar-refractivity contribution in [2.75, 3.05) is 0 Å². The molecule has 0 saturated heterocycles. The number of furan rings is 1. The lowest BCUT2D eigenvalue weighted by Gasteiger charge is -2.10. The molecule has 2 aromatic rings. The Labute approximate surface area is 140 Å². The molecule has 0 bridgehead atoms. The highest BCUT2D eigenvalue weighted by Gasteiger charge is 2.31. The molecule has 5 nitrogen and oxygen atoms in total. The molecule has 0 spiro atoms. The van der Waals surface area contributed by atoms with Crippen molar-refractivity contribution >= 4 is 11.9 Å². The van der Waals surface area contributed by atoms with E-state index >= 15 is 0 Å². The van der Waals surface area contributed by atoms with Crippen LogP contribution in [0, 0.1) is 5.92 Å². The van der Waals surface area contributed by atoms with E-state index in [0.29, 0.717) is 25.0 Å². The summed E-state index contributed by atoms with van der Waals surface area (Å²) in [6.07, 6.45) is 2.75. The lowest BCUT2D eigenvalue weighted by atomic mass is 10.1. The SMILES string of the molecule is CCc1ccc(-c2ccc(C(=O)N[C@H]3CC[C@@H](C(=O)O)C3)o2)cc1. The van der Waals surface area contributed by atoms with E-state index in [1.54, 1.807) is 12.1 Å². The topological polar surface area (TPSA) is 79.5 Å². The monoisotopic (exact) mass is 327 g/mol. The van der Waals surface area contributed by atoms with E-state index in [4.69, 9.17) is 9.52 Å². The molecule has 0 radical (unpaired) electrons. The van der Waals surface area contributed by atoms with Crippen LogP contribution in [0.2, 0.25) is 0 Å². The molecule has 1 aromatic heterocycles. The summed E-state index contributed by atoms with van der Waals surface area (Å²) in [4.78, 5) is 23.2. The molecular formula is C19H21NO4. The van der Waals surface area contributed by atoms with E-state index in [-0.39, 0.29) is 23.6 Å². The molecule has 0 aliphatic heterocycles. The third-order valence-corrected chi connectivity index (χ3v) is 4.59. The van der Waals surface area contributed by atoms with Crippen LogP contribution in [0.15, 0.2) is 40.8 Å². The lowest BCUT2D eigenvalue weighted by Crippen LogP contribution is -2.33. The van der Waals surface area contributed by atoms with Crippen LogP contribution in [0.3, 0.4) is 0 Å². The molecule has 1 saturated carbocycles. The number of aryl methyl sites for hydroxylation is 1. The van der Waals surface area contributed by atoms with Gasteiger partial charge >= 0.3 is 5.97 Å². The third-order valence-electron chi connectivity index (χ3n) is 4.59. The van der Waals surface area contributed by atoms with E-state index in [1.165, 1.54) is 5.56 Å². The summed E-state index contributed by atoms with van der Waals surface area (Å²) in [5.41, 5.74) is 2.18. The average Bonchev–Trinajstić information content (AvgIpc) is 3.24. The summed E-state index contributed by atoms with van der Waals surface area (Å²) in [5.74, 6) is -0.537. The Kier molecular flexibility index (Phi) is 4.69. The summed E-state index contributed by atoms with van der Waals surface area (Å²) < 4.78 is 5.66. The molecule has 24 heavy (non-hydrogen) atoms. The number of hydrogen-bond acceptors (Lipinski definition) is 3. The molecule has 2 N–H and O–H groups in total. The minimum Gasteiger partial charge on any atom is -0.481 e. The summed E-state index contributed by atoms with van der Waals surface area (Å²) in [6.45, 7) is 2.10. The zero-order valence-electron chi connectivity index (χ0n) is 13.6. The van der Waals surface area contributed by atoms with Crippen molar-refractivity contribution in [2.24, 2.45) is 5.92 Å². The average molecular weight is 327 g/mol. The zero-order valence-corrected chi connectivity index (χ0v) is 13.6. The van der Waals surface area contributed by atoms with Crippen molar-refractivity contribution in [3.05, 3.63) is 47.7 Å². The number of amides is 1. The van der Waals surface area contributed by atoms with Gasteiger partial charge in [-0.25, -0.2) is 0 Å². The van der Waals surface area contributed by atoms with Crippen LogP contribution >= 0.6 is 0 Å². The van der Waals surface area contributed by atoms with Crippen LogP contribution in [0.5, 0.6) is 0 Å². The van der Waals surface area contributed by atoms with Crippen LogP contribution in [0.25, 0.3) is 11.3 Å². The number of aliphatic carboxylic acids is 1. The molecule has 1 amide bonds. The van der Waals surface area contributed by atoms with Crippen LogP contribution in [0.1, 0.15) is 42.3 Å². The maximum Gasteiger partial charge on any atom is 0.306 e. The number of carbonyl (C=O) groups excluding carboxylic acids is 1. The Morgan fingerprint density at radius 3 is 2.54 bits per heavy atom. The van der Waals surface area contributed by atoms with Crippen molar-refractivity contribution in [1.29, 1.82) is 0 Å². The second kappa shape index (κ2) is 6.91. The molecule has 1 fully saturated rings. The van der Waals surface area contributed by atoms with Gasteiger partial charge in [0, 0.05) is 11.6 Å². The predicted molar refractivity (Wildman–Crippen MR) is 89.8 cm³/mol. The van der Waals surface area contributed by atoms with Crippen LogP contribution in [-0.2, 0) is 11.2 Å². The van der Waals surface area contributed by atoms with Gasteiger partial charge in [0.25, 0.3) is 5.91 Å². The van der Waals surface area contributed by atoms with E-state index in [9.17, 15) is 9.59 Å². The first kappa shape index (κ1) is 16.3. The van der Waals surface area contributed by atoms with E-state index < -0.39 is 5.97 Å². The summed E-state index contributed by atoms with van der Waals surface area (Å²) in [7, 11) is 0.